The highest BCUT2D eigenvalue weighted by atomic mass is 35.5. The van der Waals surface area contributed by atoms with Crippen LogP contribution in [0.4, 0.5) is 0 Å². The van der Waals surface area contributed by atoms with Gasteiger partial charge in [0.1, 0.15) is 12.4 Å². The predicted octanol–water partition coefficient (Wildman–Crippen LogP) is -2.03. The molecule has 0 aromatic carbocycles. The molecule has 0 aliphatic heterocycles. The Balaban J connectivity index is 0.000000810. The second kappa shape index (κ2) is 4.12. The van der Waals surface area contributed by atoms with E-state index in [0.717, 1.165) is 12.4 Å². The Bertz CT molecular complexity index is 205. The van der Waals surface area contributed by atoms with Gasteiger partial charge in [-0.2, -0.15) is 0 Å². The van der Waals surface area contributed by atoms with Gasteiger partial charge in [0.15, 0.2) is 0 Å². The first-order chi connectivity index (χ1) is 4.38. The third-order valence-corrected chi connectivity index (χ3v) is 1.33. The van der Waals surface area contributed by atoms with Crippen molar-refractivity contribution in [2.24, 2.45) is 0 Å². The molecule has 0 amide bonds. The van der Waals surface area contributed by atoms with Crippen LogP contribution in [0.15, 0.2) is 19.0 Å². The van der Waals surface area contributed by atoms with E-state index < -0.39 is 0 Å². The Hall–Kier alpha value is -0.760. The zero-order valence-corrected chi connectivity index (χ0v) is 6.73. The molecular weight excluding hydrogens is 148 g/mol. The van der Waals surface area contributed by atoms with Crippen molar-refractivity contribution in [3.63, 3.8) is 0 Å². The number of halogens is 1. The van der Waals surface area contributed by atoms with Crippen molar-refractivity contribution in [2.75, 3.05) is 0 Å². The molecule has 1 rings (SSSR count). The Morgan fingerprint density at radius 3 is 2.90 bits per heavy atom. The van der Waals surface area contributed by atoms with Gasteiger partial charge in [0.25, 0.3) is 5.82 Å². The molecule has 0 radical (unpaired) electrons. The van der Waals surface area contributed by atoms with Gasteiger partial charge in [0.05, 0.1) is 6.54 Å². The molecule has 0 bridgehead atoms. The zero-order chi connectivity index (χ0) is 6.69. The molecule has 10 heavy (non-hydrogen) atoms. The normalized spacial score (nSPS) is 8.50. The summed E-state index contributed by atoms with van der Waals surface area (Å²) in [7, 11) is 0. The summed E-state index contributed by atoms with van der Waals surface area (Å²) in [6.45, 7) is 6.75. The molecule has 0 fully saturated rings. The number of nitrogens with one attached hydrogen (secondary N) is 1. The van der Waals surface area contributed by atoms with Gasteiger partial charge in [-0.1, -0.05) is 6.58 Å². The fourth-order valence-electron chi connectivity index (χ4n) is 0.828. The van der Waals surface area contributed by atoms with Crippen LogP contribution in [0.2, 0.25) is 0 Å². The largest absolute Gasteiger partial charge is 1.00 e. The number of aromatic nitrogens is 2. The van der Waals surface area contributed by atoms with Gasteiger partial charge in [-0.05, 0) is 6.92 Å². The van der Waals surface area contributed by atoms with Crippen molar-refractivity contribution in [1.29, 1.82) is 0 Å². The van der Waals surface area contributed by atoms with Crippen LogP contribution >= 0.6 is 0 Å². The number of nitrogens with zero attached hydrogens (tertiary/aromatic N) is 1. The number of aromatic amines is 1. The first-order valence-corrected chi connectivity index (χ1v) is 3.07. The van der Waals surface area contributed by atoms with Crippen LogP contribution in [0, 0.1) is 0 Å². The van der Waals surface area contributed by atoms with Crippen molar-refractivity contribution in [2.45, 2.75) is 13.5 Å². The molecule has 1 aromatic rings. The fraction of sp³-hybridized carbons (Fsp3) is 0.286. The van der Waals surface area contributed by atoms with E-state index >= 15 is 0 Å². The standard InChI is InChI=1S/C7H10N2.ClH/c1-3-7-8-5-6-9(7)4-2;/h3,5-6H,1,4H2,2H3;1H. The molecule has 0 aliphatic carbocycles. The van der Waals surface area contributed by atoms with Crippen molar-refractivity contribution in [3.05, 3.63) is 24.8 Å². The van der Waals surface area contributed by atoms with E-state index in [1.807, 2.05) is 18.5 Å². The summed E-state index contributed by atoms with van der Waals surface area (Å²) >= 11 is 0. The van der Waals surface area contributed by atoms with Crippen LogP contribution < -0.4 is 17.0 Å². The summed E-state index contributed by atoms with van der Waals surface area (Å²) in [4.78, 5) is 3.05. The van der Waals surface area contributed by atoms with E-state index in [4.69, 9.17) is 0 Å². The predicted molar refractivity (Wildman–Crippen MR) is 36.8 cm³/mol. The van der Waals surface area contributed by atoms with Crippen LogP contribution in [0.3, 0.4) is 0 Å². The minimum absolute atomic E-state index is 0. The van der Waals surface area contributed by atoms with Crippen LogP contribution in [0.5, 0.6) is 0 Å². The van der Waals surface area contributed by atoms with Gasteiger partial charge in [0, 0.05) is 6.08 Å². The van der Waals surface area contributed by atoms with Gasteiger partial charge < -0.3 is 12.4 Å². The molecular formula is C7H11ClN2. The molecule has 0 atom stereocenters. The lowest BCUT2D eigenvalue weighted by Crippen LogP contribution is -3.00. The summed E-state index contributed by atoms with van der Waals surface area (Å²) in [5, 5.41) is 0. The highest BCUT2D eigenvalue weighted by molar-refractivity contribution is 5.31. The molecule has 1 N–H and O–H groups in total. The lowest BCUT2D eigenvalue weighted by molar-refractivity contribution is -0.693. The third-order valence-electron chi connectivity index (χ3n) is 1.33. The summed E-state index contributed by atoms with van der Waals surface area (Å²) in [6.07, 6.45) is 5.71. The van der Waals surface area contributed by atoms with Gasteiger partial charge in [0.2, 0.25) is 0 Å². The average Bonchev–Trinajstić information content (AvgIpc) is 2.33. The van der Waals surface area contributed by atoms with E-state index in [2.05, 4.69) is 23.1 Å². The van der Waals surface area contributed by atoms with Crippen molar-refractivity contribution < 1.29 is 17.0 Å². The van der Waals surface area contributed by atoms with Crippen molar-refractivity contribution >= 4 is 6.08 Å². The second-order valence-corrected chi connectivity index (χ2v) is 1.84. The van der Waals surface area contributed by atoms with Crippen molar-refractivity contribution in [3.8, 4) is 0 Å². The fourth-order valence-corrected chi connectivity index (χ4v) is 0.828. The van der Waals surface area contributed by atoms with E-state index in [9.17, 15) is 0 Å². The third kappa shape index (κ3) is 1.61. The maximum atomic E-state index is 3.66. The first kappa shape index (κ1) is 9.24. The number of H-pyrrole nitrogens is 1. The minimum Gasteiger partial charge on any atom is -1.00 e. The van der Waals surface area contributed by atoms with Gasteiger partial charge >= 0.3 is 0 Å². The number of hydrogen-bond acceptors (Lipinski definition) is 0. The maximum absolute atomic E-state index is 3.66. The highest BCUT2D eigenvalue weighted by Gasteiger charge is 2.00. The van der Waals surface area contributed by atoms with Crippen LogP contribution in [-0.2, 0) is 6.54 Å². The molecule has 2 nitrogen and oxygen atoms in total. The average molecular weight is 159 g/mol. The molecule has 0 spiro atoms. The topological polar surface area (TPSA) is 19.7 Å². The Kier molecular flexibility index (Phi) is 3.81. The van der Waals surface area contributed by atoms with Gasteiger partial charge in [-0.15, -0.1) is 0 Å². The van der Waals surface area contributed by atoms with Crippen LogP contribution in [0.25, 0.3) is 6.08 Å². The molecule has 0 saturated carbocycles. The lowest BCUT2D eigenvalue weighted by atomic mass is 10.5. The molecule has 1 aromatic heterocycles. The minimum atomic E-state index is 0. The molecule has 3 heteroatoms. The molecule has 0 saturated heterocycles. The SMILES string of the molecule is C=Cc1[nH]cc[n+]1CC.[Cl-]. The highest BCUT2D eigenvalue weighted by Crippen LogP contribution is 1.85. The Morgan fingerprint density at radius 1 is 1.80 bits per heavy atom. The second-order valence-electron chi connectivity index (χ2n) is 1.84. The number of aryl methyl sites for hydroxylation is 1. The molecule has 56 valence electrons. The number of rotatable bonds is 2. The van der Waals surface area contributed by atoms with E-state index in [1.54, 1.807) is 0 Å². The number of hydrogen-bond donors (Lipinski definition) is 1. The Labute approximate surface area is 67.0 Å². The lowest BCUT2D eigenvalue weighted by Gasteiger charge is -1.87. The van der Waals surface area contributed by atoms with E-state index in [-0.39, 0.29) is 12.4 Å². The first-order valence-electron chi connectivity index (χ1n) is 3.07. The molecule has 1 heterocycles. The Morgan fingerprint density at radius 2 is 2.50 bits per heavy atom. The summed E-state index contributed by atoms with van der Waals surface area (Å²) in [5.74, 6) is 1.07. The van der Waals surface area contributed by atoms with Crippen molar-refractivity contribution in [1.82, 2.24) is 4.98 Å². The zero-order valence-electron chi connectivity index (χ0n) is 5.97. The van der Waals surface area contributed by atoms with E-state index in [0.29, 0.717) is 0 Å². The molecule has 0 unspecified atom stereocenters. The number of imidazole rings is 1. The monoisotopic (exact) mass is 158 g/mol. The summed E-state index contributed by atoms with van der Waals surface area (Å²) in [5.41, 5.74) is 0. The van der Waals surface area contributed by atoms with Gasteiger partial charge in [-0.3, -0.25) is 0 Å². The summed E-state index contributed by atoms with van der Waals surface area (Å²) in [6, 6.07) is 0. The van der Waals surface area contributed by atoms with E-state index in [1.165, 1.54) is 0 Å². The maximum Gasteiger partial charge on any atom is 0.278 e. The van der Waals surface area contributed by atoms with Crippen LogP contribution in [0.1, 0.15) is 12.7 Å². The summed E-state index contributed by atoms with van der Waals surface area (Å²) < 4.78 is 2.09. The molecule has 0 aliphatic rings. The quantitative estimate of drug-likeness (QED) is 0.479. The smallest absolute Gasteiger partial charge is 0.278 e. The van der Waals surface area contributed by atoms with Crippen LogP contribution in [-0.4, -0.2) is 4.98 Å². The van der Waals surface area contributed by atoms with Gasteiger partial charge in [-0.25, -0.2) is 9.55 Å².